The largest absolute Gasteiger partial charge is 0.294 e. The van der Waals surface area contributed by atoms with Crippen LogP contribution < -0.4 is 0 Å². The number of hydrogen-bond donors (Lipinski definition) is 0. The molecular formula is C12H11ClN2O. The van der Waals surface area contributed by atoms with Gasteiger partial charge in [0.1, 0.15) is 5.69 Å². The Balaban J connectivity index is 0.00000128. The zero-order valence-corrected chi connectivity index (χ0v) is 9.57. The van der Waals surface area contributed by atoms with Crippen molar-refractivity contribution in [1.29, 1.82) is 0 Å². The molecule has 1 aromatic heterocycles. The molecule has 0 fully saturated rings. The smallest absolute Gasteiger partial charge is 0.162 e. The minimum atomic E-state index is 0. The summed E-state index contributed by atoms with van der Waals surface area (Å²) in [6.07, 6.45) is 1.53. The van der Waals surface area contributed by atoms with Gasteiger partial charge >= 0.3 is 0 Å². The molecule has 1 heterocycles. The van der Waals surface area contributed by atoms with Crippen LogP contribution in [0.4, 0.5) is 0 Å². The summed E-state index contributed by atoms with van der Waals surface area (Å²) in [6, 6.07) is 11.3. The Kier molecular flexibility index (Phi) is 4.14. The highest BCUT2D eigenvalue weighted by Gasteiger charge is 2.09. The number of aromatic nitrogens is 2. The molecule has 0 amide bonds. The number of benzene rings is 1. The lowest BCUT2D eigenvalue weighted by molar-refractivity contribution is 0.101. The molecule has 0 aliphatic heterocycles. The number of carbonyl (C=O) groups excluding carboxylic acids is 1. The second-order valence-electron chi connectivity index (χ2n) is 3.22. The topological polar surface area (TPSA) is 42.9 Å². The molecule has 1 aromatic carbocycles. The van der Waals surface area contributed by atoms with E-state index in [0.29, 0.717) is 11.3 Å². The third-order valence-corrected chi connectivity index (χ3v) is 2.15. The standard InChI is InChI=1S/C12H10N2O.ClH/c1-9(15)11-7-8-13-14-12(11)10-5-3-2-4-6-10;/h2-8H,1H3;1H. The van der Waals surface area contributed by atoms with Crippen molar-refractivity contribution < 1.29 is 4.79 Å². The Labute approximate surface area is 99.9 Å². The molecule has 4 heteroatoms. The third kappa shape index (κ3) is 2.44. The molecule has 0 saturated carbocycles. The van der Waals surface area contributed by atoms with E-state index >= 15 is 0 Å². The normalized spacial score (nSPS) is 9.31. The van der Waals surface area contributed by atoms with Crippen LogP contribution in [0, 0.1) is 0 Å². The minimum Gasteiger partial charge on any atom is -0.294 e. The number of hydrogen-bond acceptors (Lipinski definition) is 3. The van der Waals surface area contributed by atoms with Gasteiger partial charge in [0.25, 0.3) is 0 Å². The van der Waals surface area contributed by atoms with Gasteiger partial charge in [-0.3, -0.25) is 4.79 Å². The van der Waals surface area contributed by atoms with Crippen molar-refractivity contribution >= 4 is 18.2 Å². The molecule has 0 unspecified atom stereocenters. The van der Waals surface area contributed by atoms with Crippen LogP contribution in [0.25, 0.3) is 11.3 Å². The summed E-state index contributed by atoms with van der Waals surface area (Å²) in [5.41, 5.74) is 2.16. The minimum absolute atomic E-state index is 0. The van der Waals surface area contributed by atoms with E-state index < -0.39 is 0 Å². The molecule has 0 saturated heterocycles. The third-order valence-electron chi connectivity index (χ3n) is 2.15. The van der Waals surface area contributed by atoms with E-state index in [-0.39, 0.29) is 18.2 Å². The van der Waals surface area contributed by atoms with Crippen LogP contribution >= 0.6 is 12.4 Å². The van der Waals surface area contributed by atoms with E-state index in [1.165, 1.54) is 13.1 Å². The maximum Gasteiger partial charge on any atom is 0.162 e. The lowest BCUT2D eigenvalue weighted by Gasteiger charge is -2.03. The summed E-state index contributed by atoms with van der Waals surface area (Å²) < 4.78 is 0. The highest BCUT2D eigenvalue weighted by molar-refractivity contribution is 5.99. The van der Waals surface area contributed by atoms with Gasteiger partial charge in [-0.05, 0) is 13.0 Å². The van der Waals surface area contributed by atoms with Crippen LogP contribution in [0.15, 0.2) is 42.6 Å². The molecule has 0 aliphatic rings. The summed E-state index contributed by atoms with van der Waals surface area (Å²) in [4.78, 5) is 11.4. The Hall–Kier alpha value is -1.74. The Morgan fingerprint density at radius 2 is 1.81 bits per heavy atom. The van der Waals surface area contributed by atoms with Gasteiger partial charge in [0.15, 0.2) is 5.78 Å². The molecule has 82 valence electrons. The van der Waals surface area contributed by atoms with Gasteiger partial charge in [0, 0.05) is 11.1 Å². The van der Waals surface area contributed by atoms with Crippen molar-refractivity contribution in [2.75, 3.05) is 0 Å². The van der Waals surface area contributed by atoms with Crippen LogP contribution in [0.5, 0.6) is 0 Å². The van der Waals surface area contributed by atoms with Gasteiger partial charge in [-0.25, -0.2) is 0 Å². The number of Topliss-reactive ketones (excluding diaryl/α,β-unsaturated/α-hetero) is 1. The van der Waals surface area contributed by atoms with Crippen LogP contribution in [0.2, 0.25) is 0 Å². The van der Waals surface area contributed by atoms with Gasteiger partial charge in [-0.15, -0.1) is 17.5 Å². The monoisotopic (exact) mass is 234 g/mol. The van der Waals surface area contributed by atoms with Gasteiger partial charge in [-0.1, -0.05) is 30.3 Å². The zero-order chi connectivity index (χ0) is 10.7. The van der Waals surface area contributed by atoms with E-state index in [0.717, 1.165) is 5.56 Å². The highest BCUT2D eigenvalue weighted by atomic mass is 35.5. The Morgan fingerprint density at radius 1 is 1.12 bits per heavy atom. The molecule has 0 bridgehead atoms. The summed E-state index contributed by atoms with van der Waals surface area (Å²) in [7, 11) is 0. The maximum atomic E-state index is 11.4. The van der Waals surface area contributed by atoms with Crippen molar-refractivity contribution in [2.24, 2.45) is 0 Å². The average Bonchev–Trinajstić information content (AvgIpc) is 2.30. The molecular weight excluding hydrogens is 224 g/mol. The van der Waals surface area contributed by atoms with Crippen LogP contribution in [0.1, 0.15) is 17.3 Å². The van der Waals surface area contributed by atoms with Crippen LogP contribution in [0.3, 0.4) is 0 Å². The highest BCUT2D eigenvalue weighted by Crippen LogP contribution is 2.19. The molecule has 3 nitrogen and oxygen atoms in total. The number of nitrogens with zero attached hydrogens (tertiary/aromatic N) is 2. The second kappa shape index (κ2) is 5.37. The SMILES string of the molecule is CC(=O)c1ccnnc1-c1ccccc1.Cl. The predicted octanol–water partition coefficient (Wildman–Crippen LogP) is 2.77. The number of rotatable bonds is 2. The van der Waals surface area contributed by atoms with E-state index in [2.05, 4.69) is 10.2 Å². The molecule has 16 heavy (non-hydrogen) atoms. The fourth-order valence-corrected chi connectivity index (χ4v) is 1.43. The lowest BCUT2D eigenvalue weighted by Crippen LogP contribution is -1.99. The van der Waals surface area contributed by atoms with Crippen molar-refractivity contribution in [3.8, 4) is 11.3 Å². The number of ketones is 1. The summed E-state index contributed by atoms with van der Waals surface area (Å²) in [5.74, 6) is 0.00348. The molecule has 2 rings (SSSR count). The summed E-state index contributed by atoms with van der Waals surface area (Å²) in [6.45, 7) is 1.53. The molecule has 0 N–H and O–H groups in total. The van der Waals surface area contributed by atoms with Gasteiger partial charge in [0.2, 0.25) is 0 Å². The van der Waals surface area contributed by atoms with E-state index in [4.69, 9.17) is 0 Å². The lowest BCUT2D eigenvalue weighted by atomic mass is 10.0. The van der Waals surface area contributed by atoms with Gasteiger partial charge < -0.3 is 0 Å². The van der Waals surface area contributed by atoms with Crippen molar-refractivity contribution in [1.82, 2.24) is 10.2 Å². The second-order valence-corrected chi connectivity index (χ2v) is 3.22. The van der Waals surface area contributed by atoms with Crippen LogP contribution in [-0.2, 0) is 0 Å². The molecule has 0 radical (unpaired) electrons. The zero-order valence-electron chi connectivity index (χ0n) is 8.75. The summed E-state index contributed by atoms with van der Waals surface area (Å²) in [5, 5.41) is 7.80. The first kappa shape index (κ1) is 12.3. The molecule has 2 aromatic rings. The molecule has 0 atom stereocenters. The fourth-order valence-electron chi connectivity index (χ4n) is 1.43. The van der Waals surface area contributed by atoms with E-state index in [1.807, 2.05) is 30.3 Å². The van der Waals surface area contributed by atoms with Crippen molar-refractivity contribution in [3.63, 3.8) is 0 Å². The first-order valence-corrected chi connectivity index (χ1v) is 4.67. The van der Waals surface area contributed by atoms with Crippen molar-refractivity contribution in [3.05, 3.63) is 48.2 Å². The predicted molar refractivity (Wildman–Crippen MR) is 64.7 cm³/mol. The number of carbonyl (C=O) groups is 1. The van der Waals surface area contributed by atoms with Gasteiger partial charge in [0.05, 0.1) is 6.20 Å². The number of halogens is 1. The quantitative estimate of drug-likeness (QED) is 0.751. The van der Waals surface area contributed by atoms with E-state index in [1.54, 1.807) is 6.07 Å². The first-order chi connectivity index (χ1) is 7.29. The van der Waals surface area contributed by atoms with Gasteiger partial charge in [-0.2, -0.15) is 5.10 Å². The molecule has 0 spiro atoms. The first-order valence-electron chi connectivity index (χ1n) is 4.67. The Bertz CT molecular complexity index is 485. The Morgan fingerprint density at radius 3 is 2.44 bits per heavy atom. The average molecular weight is 235 g/mol. The maximum absolute atomic E-state index is 11.4. The fraction of sp³-hybridized carbons (Fsp3) is 0.0833. The molecule has 0 aliphatic carbocycles. The summed E-state index contributed by atoms with van der Waals surface area (Å²) >= 11 is 0. The van der Waals surface area contributed by atoms with Crippen molar-refractivity contribution in [2.45, 2.75) is 6.92 Å². The van der Waals surface area contributed by atoms with E-state index in [9.17, 15) is 4.79 Å². The van der Waals surface area contributed by atoms with Crippen LogP contribution in [-0.4, -0.2) is 16.0 Å².